The summed E-state index contributed by atoms with van der Waals surface area (Å²) in [6.07, 6.45) is 27.1. The van der Waals surface area contributed by atoms with E-state index in [2.05, 4.69) is 260 Å². The summed E-state index contributed by atoms with van der Waals surface area (Å²) in [5.74, 6) is 5.50. The first-order valence-electron chi connectivity index (χ1n) is 32.4. The molecule has 0 saturated heterocycles. The SMILES string of the molecule is CC(C)/C=C/c1ccccc1.CC(C)CC1C=CCC1.CC(C)CCCc1c[nH]c2ccccc12.CC(C)CCCc1ccccc1.CC(C)Cc1ccc(Br)cc1.CC(C)c1ccc(CNC(=O)OC(C)(C)C)cc1.CCOC(=O)/C=C/C(C)C. The normalized spacial score (nSPS) is 12.6. The van der Waals surface area contributed by atoms with Gasteiger partial charge in [-0.2, -0.15) is 0 Å². The number of aromatic nitrogens is 1. The Balaban J connectivity index is 0.000000508. The molecule has 0 aliphatic heterocycles. The van der Waals surface area contributed by atoms with Crippen LogP contribution >= 0.6 is 15.9 Å². The molecular formula is C79H117BrN2O4. The van der Waals surface area contributed by atoms with E-state index in [1.807, 2.05) is 58.9 Å². The minimum atomic E-state index is -0.453. The van der Waals surface area contributed by atoms with Crippen LogP contribution in [0.25, 0.3) is 17.0 Å². The van der Waals surface area contributed by atoms with E-state index in [9.17, 15) is 9.59 Å². The molecule has 7 rings (SSSR count). The molecule has 86 heavy (non-hydrogen) atoms. The highest BCUT2D eigenvalue weighted by atomic mass is 79.9. The molecule has 1 unspecified atom stereocenters. The summed E-state index contributed by atoms with van der Waals surface area (Å²) in [5.41, 5.74) is 8.82. The number of aryl methyl sites for hydroxylation is 2. The van der Waals surface area contributed by atoms with E-state index in [-0.39, 0.29) is 12.1 Å². The lowest BCUT2D eigenvalue weighted by Crippen LogP contribution is -2.32. The molecule has 0 saturated carbocycles. The Bertz CT molecular complexity index is 2710. The third-order valence-electron chi connectivity index (χ3n) is 13.3. The highest BCUT2D eigenvalue weighted by Gasteiger charge is 2.16. The molecule has 5 aromatic carbocycles. The quantitative estimate of drug-likeness (QED) is 0.0453. The highest BCUT2D eigenvalue weighted by molar-refractivity contribution is 9.10. The summed E-state index contributed by atoms with van der Waals surface area (Å²) in [6, 6.07) is 46.4. The summed E-state index contributed by atoms with van der Waals surface area (Å²) < 4.78 is 11.0. The fourth-order valence-electron chi connectivity index (χ4n) is 8.83. The molecule has 0 bridgehead atoms. The topological polar surface area (TPSA) is 80.4 Å². The Kier molecular flexibility index (Phi) is 42.0. The number of allylic oxidation sites excluding steroid dienone is 4. The van der Waals surface area contributed by atoms with Crippen molar-refractivity contribution in [1.82, 2.24) is 10.3 Å². The average Bonchev–Trinajstić information content (AvgIpc) is 4.37. The zero-order valence-corrected chi connectivity index (χ0v) is 58.4. The maximum atomic E-state index is 11.5. The van der Waals surface area contributed by atoms with Crippen LogP contribution in [0.5, 0.6) is 0 Å². The van der Waals surface area contributed by atoms with Gasteiger partial charge in [0, 0.05) is 34.2 Å². The molecule has 6 nitrogen and oxygen atoms in total. The van der Waals surface area contributed by atoms with Gasteiger partial charge in [0.25, 0.3) is 0 Å². The van der Waals surface area contributed by atoms with Crippen LogP contribution in [0.4, 0.5) is 4.79 Å². The second-order valence-corrected chi connectivity index (χ2v) is 27.1. The van der Waals surface area contributed by atoms with Crippen molar-refractivity contribution in [3.63, 3.8) is 0 Å². The van der Waals surface area contributed by atoms with Crippen molar-refractivity contribution < 1.29 is 19.1 Å². The molecule has 0 spiro atoms. The predicted octanol–water partition coefficient (Wildman–Crippen LogP) is 23.4. The first kappa shape index (κ1) is 78.1. The van der Waals surface area contributed by atoms with Gasteiger partial charge >= 0.3 is 12.1 Å². The lowest BCUT2D eigenvalue weighted by Gasteiger charge is -2.19. The highest BCUT2D eigenvalue weighted by Crippen LogP contribution is 2.24. The third kappa shape index (κ3) is 42.8. The Morgan fingerprint density at radius 1 is 0.640 bits per heavy atom. The van der Waals surface area contributed by atoms with Crippen LogP contribution in [0.15, 0.2) is 175 Å². The van der Waals surface area contributed by atoms with Gasteiger partial charge in [0.2, 0.25) is 0 Å². The number of para-hydroxylation sites is 1. The molecule has 1 atom stereocenters. The van der Waals surface area contributed by atoms with Crippen LogP contribution in [0, 0.1) is 41.4 Å². The summed E-state index contributed by atoms with van der Waals surface area (Å²) in [6.45, 7) is 39.2. The predicted molar refractivity (Wildman–Crippen MR) is 379 cm³/mol. The number of rotatable bonds is 20. The molecule has 6 aromatic rings. The smallest absolute Gasteiger partial charge is 0.407 e. The lowest BCUT2D eigenvalue weighted by molar-refractivity contribution is -0.137. The number of hydrogen-bond acceptors (Lipinski definition) is 4. The van der Waals surface area contributed by atoms with E-state index in [0.29, 0.717) is 30.9 Å². The number of fused-ring (bicyclic) bond motifs is 1. The van der Waals surface area contributed by atoms with Gasteiger partial charge in [0.15, 0.2) is 0 Å². The molecule has 2 N–H and O–H groups in total. The van der Waals surface area contributed by atoms with Gasteiger partial charge in [-0.25, -0.2) is 9.59 Å². The van der Waals surface area contributed by atoms with Crippen LogP contribution in [-0.4, -0.2) is 29.3 Å². The molecule has 1 aliphatic rings. The number of alkyl carbamates (subject to hydrolysis) is 1. The van der Waals surface area contributed by atoms with Crippen molar-refractivity contribution in [2.24, 2.45) is 41.4 Å². The summed E-state index contributed by atoms with van der Waals surface area (Å²) >= 11 is 3.41. The van der Waals surface area contributed by atoms with Gasteiger partial charge < -0.3 is 19.8 Å². The number of hydrogen-bond donors (Lipinski definition) is 2. The van der Waals surface area contributed by atoms with Crippen molar-refractivity contribution in [3.8, 4) is 0 Å². The molecule has 474 valence electrons. The molecule has 7 heteroatoms. The molecular weight excluding hydrogens is 1120 g/mol. The minimum Gasteiger partial charge on any atom is -0.463 e. The zero-order chi connectivity index (χ0) is 64.3. The summed E-state index contributed by atoms with van der Waals surface area (Å²) in [5, 5.41) is 4.13. The van der Waals surface area contributed by atoms with Gasteiger partial charge in [-0.15, -0.1) is 0 Å². The number of ether oxygens (including phenoxy) is 2. The van der Waals surface area contributed by atoms with Crippen LogP contribution in [0.3, 0.4) is 0 Å². The molecule has 1 amide bonds. The van der Waals surface area contributed by atoms with Crippen molar-refractivity contribution in [2.45, 2.75) is 207 Å². The van der Waals surface area contributed by atoms with Gasteiger partial charge in [-0.3, -0.25) is 0 Å². The van der Waals surface area contributed by atoms with Crippen molar-refractivity contribution in [3.05, 3.63) is 208 Å². The van der Waals surface area contributed by atoms with Crippen molar-refractivity contribution in [1.29, 1.82) is 0 Å². The monoisotopic (exact) mass is 1240 g/mol. The molecule has 1 aromatic heterocycles. The van der Waals surface area contributed by atoms with Gasteiger partial charge in [0.05, 0.1) is 6.61 Å². The number of H-pyrrole nitrogens is 1. The van der Waals surface area contributed by atoms with Gasteiger partial charge in [-0.05, 0) is 178 Å². The standard InChI is InChI=1S/C15H23NO2.C14H19N.C12H18.C11H14.C10H13Br.C9H16.C8H14O2/c1-11(2)13-8-6-12(7-9-13)10-16-14(17)18-15(3,4)5;1-11(2)6-5-7-12-10-15-14-9-4-3-8-13(12)14;1-11(2)7-6-10-12-8-4-3-5-9-12;1-10(2)8-9-11-6-4-3-5-7-11;1-8(2)7-9-3-5-10(11)6-4-9;1-8(2)7-9-5-3-4-6-9;1-4-10-8(9)6-5-7(2)3/h6-9,11H,10H2,1-5H3,(H,16,17);3-4,8-11,15H,5-7H2,1-2H3;3-5,8-9,11H,6-7,10H2,1-2H3;3-10H,1-2H3;3-6,8H,7H2,1-2H3;3,5,8-9H,4,6-7H2,1-2H3;5-7H,4H2,1-3H3/b;;;9-8+;;;6-5+. The van der Waals surface area contributed by atoms with E-state index < -0.39 is 5.60 Å². The second kappa shape index (κ2) is 46.3. The fourth-order valence-corrected chi connectivity index (χ4v) is 9.09. The van der Waals surface area contributed by atoms with Crippen LogP contribution in [0.1, 0.15) is 209 Å². The average molecular weight is 1240 g/mol. The fraction of sp³-hybridized carbons (Fsp3) is 0.494. The number of amides is 1. The Morgan fingerprint density at radius 3 is 1.71 bits per heavy atom. The Hall–Kier alpha value is -5.92. The number of carbonyl (C=O) groups is 2. The maximum absolute atomic E-state index is 11.5. The molecule has 1 heterocycles. The molecule has 0 fully saturated rings. The van der Waals surface area contributed by atoms with Crippen LogP contribution in [-0.2, 0) is 40.1 Å². The minimum absolute atomic E-state index is 0.254. The Labute approximate surface area is 534 Å². The Morgan fingerprint density at radius 2 is 1.20 bits per heavy atom. The molecule has 0 radical (unpaired) electrons. The number of carbonyl (C=O) groups excluding carboxylic acids is 2. The maximum Gasteiger partial charge on any atom is 0.407 e. The number of nitrogens with one attached hydrogen (secondary N) is 2. The third-order valence-corrected chi connectivity index (χ3v) is 13.8. The summed E-state index contributed by atoms with van der Waals surface area (Å²) in [4.78, 5) is 25.4. The molecule has 1 aliphatic carbocycles. The van der Waals surface area contributed by atoms with E-state index in [1.165, 1.54) is 109 Å². The van der Waals surface area contributed by atoms with Gasteiger partial charge in [0.1, 0.15) is 5.60 Å². The van der Waals surface area contributed by atoms with E-state index >= 15 is 0 Å². The largest absolute Gasteiger partial charge is 0.463 e. The number of halogens is 1. The van der Waals surface area contributed by atoms with E-state index in [0.717, 1.165) is 39.6 Å². The van der Waals surface area contributed by atoms with Crippen LogP contribution < -0.4 is 5.32 Å². The number of benzene rings is 5. The summed E-state index contributed by atoms with van der Waals surface area (Å²) in [7, 11) is 0. The van der Waals surface area contributed by atoms with Gasteiger partial charge in [-0.1, -0.05) is 271 Å². The van der Waals surface area contributed by atoms with Crippen molar-refractivity contribution in [2.75, 3.05) is 6.61 Å². The second-order valence-electron chi connectivity index (χ2n) is 26.2. The first-order valence-corrected chi connectivity index (χ1v) is 33.2. The number of esters is 1. The number of aromatic amines is 1. The van der Waals surface area contributed by atoms with E-state index in [4.69, 9.17) is 4.74 Å². The van der Waals surface area contributed by atoms with Crippen molar-refractivity contribution >= 4 is 45.0 Å². The van der Waals surface area contributed by atoms with Crippen LogP contribution in [0.2, 0.25) is 0 Å². The zero-order valence-electron chi connectivity index (χ0n) is 56.9. The first-order chi connectivity index (χ1) is 40.8. The van der Waals surface area contributed by atoms with E-state index in [1.54, 1.807) is 6.92 Å². The lowest BCUT2D eigenvalue weighted by atomic mass is 9.97.